The van der Waals surface area contributed by atoms with E-state index in [1.807, 2.05) is 0 Å². The first-order valence-corrected chi connectivity index (χ1v) is 9.72. The molecule has 31 heavy (non-hydrogen) atoms. The van der Waals surface area contributed by atoms with E-state index in [4.69, 9.17) is 10.2 Å². The highest BCUT2D eigenvalue weighted by Gasteiger charge is 2.38. The fourth-order valence-electron chi connectivity index (χ4n) is 3.88. The van der Waals surface area contributed by atoms with Crippen LogP contribution in [0, 0.1) is 18.6 Å². The normalized spacial score (nSPS) is 19.1. The van der Waals surface area contributed by atoms with Crippen LogP contribution in [-0.2, 0) is 16.8 Å². The van der Waals surface area contributed by atoms with Crippen molar-refractivity contribution in [2.45, 2.75) is 32.2 Å². The summed E-state index contributed by atoms with van der Waals surface area (Å²) < 4.78 is 33.9. The molecule has 0 fully saturated rings. The van der Waals surface area contributed by atoms with Gasteiger partial charge in [0.2, 0.25) is 11.7 Å². The molecule has 0 saturated carbocycles. The van der Waals surface area contributed by atoms with Gasteiger partial charge in [-0.1, -0.05) is 6.07 Å². The van der Waals surface area contributed by atoms with Crippen molar-refractivity contribution in [3.05, 3.63) is 70.5 Å². The number of carbonyl (C=O) groups excluding carboxylic acids is 2. The Balaban J connectivity index is 1.67. The van der Waals surface area contributed by atoms with Crippen LogP contribution in [0.5, 0.6) is 0 Å². The molecular formula is C23H21F2N3O3. The van der Waals surface area contributed by atoms with Crippen LogP contribution in [0.2, 0.25) is 0 Å². The van der Waals surface area contributed by atoms with Gasteiger partial charge in [-0.15, -0.1) is 0 Å². The van der Waals surface area contributed by atoms with Crippen LogP contribution in [-0.4, -0.2) is 29.6 Å². The van der Waals surface area contributed by atoms with Gasteiger partial charge in [-0.25, -0.2) is 13.8 Å². The third-order valence-electron chi connectivity index (χ3n) is 5.70. The second kappa shape index (κ2) is 7.30. The van der Waals surface area contributed by atoms with Crippen molar-refractivity contribution < 1.29 is 22.8 Å². The standard InChI is InChI=1S/C23H21F2N3O3/c1-12-15-10-14(24)5-7-19(15)31-21(12)18(29)9-13-4-6-17(25)16(8-13)23(2)11-20(30)28(3)22(26)27-23/h4-8,10H,9,11H2,1-3H3,(H2,26,27). The third-order valence-corrected chi connectivity index (χ3v) is 5.70. The zero-order chi connectivity index (χ0) is 22.5. The number of fused-ring (bicyclic) bond motifs is 1. The Labute approximate surface area is 177 Å². The lowest BCUT2D eigenvalue weighted by Gasteiger charge is -2.34. The molecule has 1 atom stereocenters. The number of Topliss-reactive ketones (excluding diaryl/α,β-unsaturated/α-hetero) is 1. The molecule has 1 aromatic heterocycles. The molecule has 0 spiro atoms. The number of hydrogen-bond acceptors (Lipinski definition) is 5. The number of ketones is 1. The molecule has 0 bridgehead atoms. The van der Waals surface area contributed by atoms with Gasteiger partial charge in [0.15, 0.2) is 11.7 Å². The molecule has 2 aromatic carbocycles. The van der Waals surface area contributed by atoms with Crippen molar-refractivity contribution in [3.8, 4) is 0 Å². The Morgan fingerprint density at radius 3 is 2.71 bits per heavy atom. The van der Waals surface area contributed by atoms with Gasteiger partial charge in [0.1, 0.15) is 17.2 Å². The van der Waals surface area contributed by atoms with Gasteiger partial charge >= 0.3 is 0 Å². The Morgan fingerprint density at radius 1 is 1.26 bits per heavy atom. The highest BCUT2D eigenvalue weighted by molar-refractivity contribution is 6.01. The van der Waals surface area contributed by atoms with Gasteiger partial charge < -0.3 is 10.2 Å². The van der Waals surface area contributed by atoms with Crippen LogP contribution >= 0.6 is 0 Å². The summed E-state index contributed by atoms with van der Waals surface area (Å²) in [6.45, 7) is 3.32. The third kappa shape index (κ3) is 3.58. The van der Waals surface area contributed by atoms with Crippen molar-refractivity contribution in [1.29, 1.82) is 0 Å². The second-order valence-corrected chi connectivity index (χ2v) is 7.98. The van der Waals surface area contributed by atoms with E-state index >= 15 is 0 Å². The number of nitrogens with two attached hydrogens (primary N) is 1. The number of carbonyl (C=O) groups is 2. The van der Waals surface area contributed by atoms with E-state index in [0.29, 0.717) is 22.1 Å². The molecule has 160 valence electrons. The van der Waals surface area contributed by atoms with E-state index in [1.54, 1.807) is 13.8 Å². The molecule has 8 heteroatoms. The average molecular weight is 425 g/mol. The number of amides is 1. The minimum atomic E-state index is -1.18. The summed E-state index contributed by atoms with van der Waals surface area (Å²) in [6.07, 6.45) is -0.105. The summed E-state index contributed by atoms with van der Waals surface area (Å²) in [5.74, 6) is -1.42. The van der Waals surface area contributed by atoms with Crippen LogP contribution < -0.4 is 5.73 Å². The molecule has 3 aromatic rings. The van der Waals surface area contributed by atoms with Crippen LogP contribution in [0.15, 0.2) is 45.8 Å². The van der Waals surface area contributed by atoms with Crippen molar-refractivity contribution in [1.82, 2.24) is 4.90 Å². The van der Waals surface area contributed by atoms with Crippen molar-refractivity contribution in [3.63, 3.8) is 0 Å². The maximum absolute atomic E-state index is 14.7. The maximum Gasteiger partial charge on any atom is 0.231 e. The van der Waals surface area contributed by atoms with E-state index in [9.17, 15) is 18.4 Å². The van der Waals surface area contributed by atoms with Gasteiger partial charge in [0.25, 0.3) is 0 Å². The summed E-state index contributed by atoms with van der Waals surface area (Å²) in [5, 5.41) is 0.533. The predicted octanol–water partition coefficient (Wildman–Crippen LogP) is 3.84. The summed E-state index contributed by atoms with van der Waals surface area (Å²) in [5.41, 5.74) is 6.34. The van der Waals surface area contributed by atoms with Crippen LogP contribution in [0.4, 0.5) is 8.78 Å². The molecule has 4 rings (SSSR count). The first-order chi connectivity index (χ1) is 14.6. The van der Waals surface area contributed by atoms with Crippen LogP contribution in [0.25, 0.3) is 11.0 Å². The number of aryl methyl sites for hydroxylation is 1. The highest BCUT2D eigenvalue weighted by Crippen LogP contribution is 2.35. The molecule has 2 N–H and O–H groups in total. The molecule has 0 aliphatic carbocycles. The largest absolute Gasteiger partial charge is 0.453 e. The number of aliphatic imine (C=N–C) groups is 1. The Bertz CT molecular complexity index is 1260. The quantitative estimate of drug-likeness (QED) is 0.644. The van der Waals surface area contributed by atoms with Gasteiger partial charge in [-0.05, 0) is 49.7 Å². The molecule has 1 amide bonds. The molecule has 2 heterocycles. The number of nitrogens with zero attached hydrogens (tertiary/aromatic N) is 2. The monoisotopic (exact) mass is 425 g/mol. The summed E-state index contributed by atoms with van der Waals surface area (Å²) in [4.78, 5) is 30.7. The van der Waals surface area contributed by atoms with E-state index in [0.717, 1.165) is 0 Å². The van der Waals surface area contributed by atoms with E-state index in [1.165, 1.54) is 48.3 Å². The average Bonchev–Trinajstić information content (AvgIpc) is 3.03. The topological polar surface area (TPSA) is 88.9 Å². The van der Waals surface area contributed by atoms with Gasteiger partial charge in [0, 0.05) is 30.0 Å². The van der Waals surface area contributed by atoms with Crippen molar-refractivity contribution in [2.75, 3.05) is 7.05 Å². The zero-order valence-corrected chi connectivity index (χ0v) is 17.3. The summed E-state index contributed by atoms with van der Waals surface area (Å²) >= 11 is 0. The number of rotatable bonds is 4. The van der Waals surface area contributed by atoms with Gasteiger partial charge in [-0.3, -0.25) is 14.5 Å². The molecule has 1 aliphatic heterocycles. The Kier molecular flexibility index (Phi) is 4.88. The van der Waals surface area contributed by atoms with Crippen molar-refractivity contribution in [2.24, 2.45) is 10.7 Å². The second-order valence-electron chi connectivity index (χ2n) is 7.98. The van der Waals surface area contributed by atoms with E-state index in [-0.39, 0.29) is 41.8 Å². The molecular weight excluding hydrogens is 404 g/mol. The van der Waals surface area contributed by atoms with Crippen molar-refractivity contribution >= 4 is 28.6 Å². The van der Waals surface area contributed by atoms with Crippen LogP contribution in [0.1, 0.15) is 40.6 Å². The lowest BCUT2D eigenvalue weighted by Crippen LogP contribution is -2.47. The number of hydrogen-bond donors (Lipinski definition) is 1. The van der Waals surface area contributed by atoms with Gasteiger partial charge in [-0.2, -0.15) is 0 Å². The number of guanidine groups is 1. The Hall–Kier alpha value is -3.55. The smallest absolute Gasteiger partial charge is 0.231 e. The van der Waals surface area contributed by atoms with Crippen LogP contribution in [0.3, 0.4) is 0 Å². The SMILES string of the molecule is Cc1c(C(=O)Cc2ccc(F)c(C3(C)CC(=O)N(C)C(N)=N3)c2)oc2ccc(F)cc12. The molecule has 0 saturated heterocycles. The minimum absolute atomic E-state index is 0.00441. The minimum Gasteiger partial charge on any atom is -0.453 e. The lowest BCUT2D eigenvalue weighted by molar-refractivity contribution is -0.128. The summed E-state index contributed by atoms with van der Waals surface area (Å²) in [6, 6.07) is 8.34. The number of benzene rings is 2. The van der Waals surface area contributed by atoms with E-state index < -0.39 is 17.2 Å². The molecule has 0 radical (unpaired) electrons. The first kappa shape index (κ1) is 20.7. The molecule has 1 unspecified atom stereocenters. The highest BCUT2D eigenvalue weighted by atomic mass is 19.1. The summed E-state index contributed by atoms with van der Waals surface area (Å²) in [7, 11) is 1.51. The number of halogens is 2. The number of furan rings is 1. The molecule has 6 nitrogen and oxygen atoms in total. The van der Waals surface area contributed by atoms with Gasteiger partial charge in [0.05, 0.1) is 12.0 Å². The fourth-order valence-corrected chi connectivity index (χ4v) is 3.88. The van der Waals surface area contributed by atoms with E-state index in [2.05, 4.69) is 4.99 Å². The Morgan fingerprint density at radius 2 is 2.00 bits per heavy atom. The first-order valence-electron chi connectivity index (χ1n) is 9.72. The predicted molar refractivity (Wildman–Crippen MR) is 112 cm³/mol. The zero-order valence-electron chi connectivity index (χ0n) is 17.3. The maximum atomic E-state index is 14.7. The lowest BCUT2D eigenvalue weighted by atomic mass is 9.85. The molecule has 1 aliphatic rings. The fraction of sp³-hybridized carbons (Fsp3) is 0.261.